The summed E-state index contributed by atoms with van der Waals surface area (Å²) in [6.45, 7) is 9.57. The third-order valence-electron chi connectivity index (χ3n) is 5.49. The van der Waals surface area contributed by atoms with E-state index in [4.69, 9.17) is 4.74 Å². The zero-order valence-corrected chi connectivity index (χ0v) is 16.7. The zero-order chi connectivity index (χ0) is 19.0. The maximum Gasteiger partial charge on any atom is 0.115 e. The van der Waals surface area contributed by atoms with Crippen LogP contribution in [0.15, 0.2) is 53.3 Å². The van der Waals surface area contributed by atoms with Crippen LogP contribution in [-0.2, 0) is 4.74 Å². The van der Waals surface area contributed by atoms with Crippen molar-refractivity contribution >= 4 is 6.08 Å². The maximum absolute atomic E-state index is 10.7. The number of ether oxygens (including phenoxy) is 1. The summed E-state index contributed by atoms with van der Waals surface area (Å²) in [5, 5.41) is 10.7. The minimum absolute atomic E-state index is 0.00419. The van der Waals surface area contributed by atoms with Crippen molar-refractivity contribution in [3.8, 4) is 0 Å². The Bertz CT molecular complexity index is 667. The first kappa shape index (κ1) is 20.3. The SMILES string of the molecule is CCCOC1=C(CC)C/C(=C(O)/C=C/c2cccnc2)CC1(CC)CC. The van der Waals surface area contributed by atoms with Gasteiger partial charge in [-0.05, 0) is 73.5 Å². The van der Waals surface area contributed by atoms with Crippen LogP contribution in [0.25, 0.3) is 6.08 Å². The molecule has 0 aliphatic heterocycles. The first-order valence-corrected chi connectivity index (χ1v) is 9.94. The van der Waals surface area contributed by atoms with Gasteiger partial charge < -0.3 is 9.84 Å². The molecule has 0 saturated heterocycles. The molecule has 0 radical (unpaired) electrons. The molecular weight excluding hydrogens is 322 g/mol. The van der Waals surface area contributed by atoms with Crippen molar-refractivity contribution in [2.75, 3.05) is 6.61 Å². The van der Waals surface area contributed by atoms with E-state index in [0.29, 0.717) is 5.76 Å². The lowest BCUT2D eigenvalue weighted by Gasteiger charge is -2.40. The predicted molar refractivity (Wildman–Crippen MR) is 109 cm³/mol. The lowest BCUT2D eigenvalue weighted by Crippen LogP contribution is -2.30. The quantitative estimate of drug-likeness (QED) is 0.534. The number of allylic oxidation sites excluding steroid dienone is 4. The van der Waals surface area contributed by atoms with Gasteiger partial charge in [-0.1, -0.05) is 33.8 Å². The molecule has 1 N–H and O–H groups in total. The van der Waals surface area contributed by atoms with Gasteiger partial charge in [-0.3, -0.25) is 4.98 Å². The number of hydrogen-bond donors (Lipinski definition) is 1. The third kappa shape index (κ3) is 4.57. The Hall–Kier alpha value is -2.03. The number of aromatic nitrogens is 1. The molecule has 0 aromatic carbocycles. The minimum atomic E-state index is 0.00419. The molecule has 1 heterocycles. The second-order valence-corrected chi connectivity index (χ2v) is 7.08. The average molecular weight is 356 g/mol. The van der Waals surface area contributed by atoms with Gasteiger partial charge in [0.1, 0.15) is 11.5 Å². The van der Waals surface area contributed by atoms with Crippen LogP contribution in [0.2, 0.25) is 0 Å². The molecule has 2 rings (SSSR count). The highest BCUT2D eigenvalue weighted by atomic mass is 16.5. The van der Waals surface area contributed by atoms with Crippen LogP contribution in [0.4, 0.5) is 0 Å². The Labute approximate surface area is 158 Å². The van der Waals surface area contributed by atoms with Crippen LogP contribution in [0.3, 0.4) is 0 Å². The first-order valence-electron chi connectivity index (χ1n) is 9.94. The molecule has 0 saturated carbocycles. The fourth-order valence-electron chi connectivity index (χ4n) is 3.78. The van der Waals surface area contributed by atoms with Crippen molar-refractivity contribution in [3.05, 3.63) is 58.8 Å². The highest BCUT2D eigenvalue weighted by Gasteiger charge is 2.39. The summed E-state index contributed by atoms with van der Waals surface area (Å²) in [7, 11) is 0. The van der Waals surface area contributed by atoms with Gasteiger partial charge in [0.25, 0.3) is 0 Å². The molecule has 3 nitrogen and oxygen atoms in total. The van der Waals surface area contributed by atoms with E-state index in [-0.39, 0.29) is 5.41 Å². The smallest absolute Gasteiger partial charge is 0.115 e. The average Bonchev–Trinajstić information content (AvgIpc) is 2.70. The lowest BCUT2D eigenvalue weighted by atomic mass is 9.68. The second kappa shape index (κ2) is 9.61. The van der Waals surface area contributed by atoms with Gasteiger partial charge in [-0.15, -0.1) is 0 Å². The molecule has 0 bridgehead atoms. The highest BCUT2D eigenvalue weighted by molar-refractivity contribution is 5.51. The molecule has 1 aromatic rings. The van der Waals surface area contributed by atoms with E-state index >= 15 is 0 Å². The number of nitrogens with zero attached hydrogens (tertiary/aromatic N) is 1. The standard InChI is InChI=1S/C23H33NO2/c1-5-14-26-22-19(6-2)15-20(16-23(22,7-3)8-4)21(25)12-11-18-10-9-13-24-17-18/h9-13,17,25H,5-8,14-16H2,1-4H3/b12-11+,21-20+. The molecule has 0 spiro atoms. The van der Waals surface area contributed by atoms with Crippen LogP contribution in [0.5, 0.6) is 0 Å². The number of rotatable bonds is 8. The van der Waals surface area contributed by atoms with E-state index in [2.05, 4.69) is 32.7 Å². The molecule has 0 unspecified atom stereocenters. The Balaban J connectivity index is 2.37. The summed E-state index contributed by atoms with van der Waals surface area (Å²) in [5.74, 6) is 1.58. The summed E-state index contributed by atoms with van der Waals surface area (Å²) in [4.78, 5) is 4.12. The van der Waals surface area contributed by atoms with E-state index in [9.17, 15) is 5.11 Å². The van der Waals surface area contributed by atoms with Crippen LogP contribution in [0.1, 0.15) is 71.8 Å². The van der Waals surface area contributed by atoms with Gasteiger partial charge in [-0.25, -0.2) is 0 Å². The molecule has 1 aromatic heterocycles. The zero-order valence-electron chi connectivity index (χ0n) is 16.7. The summed E-state index contributed by atoms with van der Waals surface area (Å²) >= 11 is 0. The summed E-state index contributed by atoms with van der Waals surface area (Å²) < 4.78 is 6.24. The Kier molecular flexibility index (Phi) is 7.50. The van der Waals surface area contributed by atoms with Crippen LogP contribution < -0.4 is 0 Å². The van der Waals surface area contributed by atoms with Gasteiger partial charge in [0, 0.05) is 17.8 Å². The minimum Gasteiger partial charge on any atom is -0.508 e. The largest absolute Gasteiger partial charge is 0.508 e. The summed E-state index contributed by atoms with van der Waals surface area (Å²) in [5.41, 5.74) is 3.45. The fourth-order valence-corrected chi connectivity index (χ4v) is 3.78. The van der Waals surface area contributed by atoms with Gasteiger partial charge in [0.15, 0.2) is 0 Å². The van der Waals surface area contributed by atoms with Crippen molar-refractivity contribution in [3.63, 3.8) is 0 Å². The lowest BCUT2D eigenvalue weighted by molar-refractivity contribution is 0.104. The van der Waals surface area contributed by atoms with Crippen molar-refractivity contribution in [1.82, 2.24) is 4.98 Å². The molecule has 3 heteroatoms. The predicted octanol–water partition coefficient (Wildman–Crippen LogP) is 6.60. The van der Waals surface area contributed by atoms with Crippen molar-refractivity contribution in [2.45, 2.75) is 66.2 Å². The van der Waals surface area contributed by atoms with Gasteiger partial charge in [0.2, 0.25) is 0 Å². The summed E-state index contributed by atoms with van der Waals surface area (Å²) in [6, 6.07) is 3.89. The van der Waals surface area contributed by atoms with Crippen LogP contribution in [0, 0.1) is 5.41 Å². The number of aliphatic hydroxyl groups is 1. The molecule has 0 atom stereocenters. The molecule has 26 heavy (non-hydrogen) atoms. The normalized spacial score (nSPS) is 19.1. The number of pyridine rings is 1. The number of aliphatic hydroxyl groups excluding tert-OH is 1. The highest BCUT2D eigenvalue weighted by Crippen LogP contribution is 2.49. The molecule has 142 valence electrons. The van der Waals surface area contributed by atoms with E-state index in [1.54, 1.807) is 12.4 Å². The van der Waals surface area contributed by atoms with E-state index in [1.807, 2.05) is 24.3 Å². The third-order valence-corrected chi connectivity index (χ3v) is 5.49. The Morgan fingerprint density at radius 3 is 2.62 bits per heavy atom. The fraction of sp³-hybridized carbons (Fsp3) is 0.522. The molecule has 0 fully saturated rings. The molecule has 1 aliphatic rings. The molecule has 0 amide bonds. The van der Waals surface area contributed by atoms with Gasteiger partial charge in [0.05, 0.1) is 6.61 Å². The van der Waals surface area contributed by atoms with E-state index in [0.717, 1.165) is 56.3 Å². The Morgan fingerprint density at radius 1 is 1.27 bits per heavy atom. The first-order chi connectivity index (χ1) is 12.6. The van der Waals surface area contributed by atoms with Crippen LogP contribution >= 0.6 is 0 Å². The number of hydrogen-bond acceptors (Lipinski definition) is 3. The van der Waals surface area contributed by atoms with Crippen molar-refractivity contribution in [2.24, 2.45) is 5.41 Å². The van der Waals surface area contributed by atoms with Crippen LogP contribution in [-0.4, -0.2) is 16.7 Å². The van der Waals surface area contributed by atoms with Gasteiger partial charge in [-0.2, -0.15) is 0 Å². The second-order valence-electron chi connectivity index (χ2n) is 7.08. The Morgan fingerprint density at radius 2 is 2.04 bits per heavy atom. The van der Waals surface area contributed by atoms with Crippen molar-refractivity contribution in [1.29, 1.82) is 0 Å². The topological polar surface area (TPSA) is 42.4 Å². The monoisotopic (exact) mass is 355 g/mol. The summed E-state index contributed by atoms with van der Waals surface area (Å²) in [6.07, 6.45) is 13.0. The maximum atomic E-state index is 10.7. The van der Waals surface area contributed by atoms with E-state index < -0.39 is 0 Å². The molecular formula is C23H33NO2. The molecule has 1 aliphatic carbocycles. The van der Waals surface area contributed by atoms with Crippen molar-refractivity contribution < 1.29 is 9.84 Å². The van der Waals surface area contributed by atoms with Gasteiger partial charge >= 0.3 is 0 Å². The van der Waals surface area contributed by atoms with E-state index in [1.165, 1.54) is 11.3 Å².